The topological polar surface area (TPSA) is 224 Å². The Morgan fingerprint density at radius 3 is 1.47 bits per heavy atom. The first-order valence-electron chi connectivity index (χ1n) is 19.7. The third kappa shape index (κ3) is 9.45. The number of amides is 4. The number of fused-ring (bicyclic) bond motifs is 4. The average molecular weight is 841 g/mol. The van der Waals surface area contributed by atoms with Gasteiger partial charge in [-0.3, -0.25) is 10.6 Å². The summed E-state index contributed by atoms with van der Waals surface area (Å²) >= 11 is 0. The molecule has 62 heavy (non-hydrogen) atoms. The molecule has 0 radical (unpaired) electrons. The number of halogens is 2. The number of nitriles is 2. The molecule has 4 aromatic heterocycles. The molecule has 1 unspecified atom stereocenters. The molecule has 6 heterocycles. The molecule has 0 bridgehead atoms. The van der Waals surface area contributed by atoms with Crippen LogP contribution in [0.3, 0.4) is 0 Å². The number of urea groups is 2. The number of anilines is 4. The first kappa shape index (κ1) is 42.3. The van der Waals surface area contributed by atoms with E-state index in [1.165, 1.54) is 24.5 Å². The van der Waals surface area contributed by atoms with Crippen molar-refractivity contribution in [3.63, 3.8) is 0 Å². The van der Waals surface area contributed by atoms with Crippen molar-refractivity contribution >= 4 is 56.6 Å². The molecule has 0 aliphatic carbocycles. The van der Waals surface area contributed by atoms with Crippen molar-refractivity contribution in [3.05, 3.63) is 83.9 Å². The maximum Gasteiger partial charge on any atom is 0.320 e. The van der Waals surface area contributed by atoms with Gasteiger partial charge in [0.05, 0.1) is 25.0 Å². The molecule has 6 N–H and O–H groups in total. The van der Waals surface area contributed by atoms with Gasteiger partial charge in [0.1, 0.15) is 47.9 Å². The van der Waals surface area contributed by atoms with Gasteiger partial charge in [-0.1, -0.05) is 0 Å². The average Bonchev–Trinajstić information content (AvgIpc) is 3.24. The lowest BCUT2D eigenvalue weighted by molar-refractivity contribution is 0.248. The lowest BCUT2D eigenvalue weighted by Crippen LogP contribution is -2.36. The monoisotopic (exact) mass is 840 g/mol. The van der Waals surface area contributed by atoms with Gasteiger partial charge >= 0.3 is 12.1 Å². The summed E-state index contributed by atoms with van der Waals surface area (Å²) in [6.45, 7) is 9.66. The normalized spacial score (nSPS) is 13.4. The molecule has 0 saturated carbocycles. The zero-order valence-electron chi connectivity index (χ0n) is 34.2. The fourth-order valence-corrected chi connectivity index (χ4v) is 6.99. The highest BCUT2D eigenvalue weighted by atomic mass is 19.1. The van der Waals surface area contributed by atoms with Gasteiger partial charge in [0.15, 0.2) is 0 Å². The second-order valence-corrected chi connectivity index (χ2v) is 14.7. The number of ether oxygens (including phenoxy) is 2. The fourth-order valence-electron chi connectivity index (χ4n) is 6.99. The second-order valence-electron chi connectivity index (χ2n) is 14.7. The van der Waals surface area contributed by atoms with Crippen LogP contribution in [0.25, 0.3) is 43.8 Å². The Kier molecular flexibility index (Phi) is 12.7. The molecule has 18 heteroatoms. The predicted molar refractivity (Wildman–Crippen MR) is 231 cm³/mol. The lowest BCUT2D eigenvalue weighted by atomic mass is 9.98. The van der Waals surface area contributed by atoms with Crippen LogP contribution in [-0.2, 0) is 0 Å². The van der Waals surface area contributed by atoms with Gasteiger partial charge in [-0.25, -0.2) is 38.3 Å². The van der Waals surface area contributed by atoms with Gasteiger partial charge in [0.25, 0.3) is 0 Å². The van der Waals surface area contributed by atoms with Crippen molar-refractivity contribution in [2.45, 2.75) is 52.6 Å². The number of nitrogens with zero attached hydrogens (tertiary/aromatic N) is 6. The van der Waals surface area contributed by atoms with E-state index in [9.17, 15) is 18.4 Å². The number of hydrogen-bond donors (Lipinski definition) is 6. The molecule has 0 saturated heterocycles. The molecular weight excluding hydrogens is 799 g/mol. The van der Waals surface area contributed by atoms with Crippen LogP contribution >= 0.6 is 0 Å². The largest absolute Gasteiger partial charge is 0.474 e. The number of pyridine rings is 4. The highest BCUT2D eigenvalue weighted by Crippen LogP contribution is 2.39. The summed E-state index contributed by atoms with van der Waals surface area (Å²) in [5.74, 6) is 0.894. The van der Waals surface area contributed by atoms with E-state index in [4.69, 9.17) is 20.0 Å². The third-order valence-corrected chi connectivity index (χ3v) is 10.1. The summed E-state index contributed by atoms with van der Waals surface area (Å²) in [5.41, 5.74) is 5.35. The molecule has 4 amide bonds. The predicted octanol–water partition coefficient (Wildman–Crippen LogP) is 7.94. The number of carbonyl (C=O) groups excluding carboxylic acids is 2. The number of hydrogen-bond acceptors (Lipinski definition) is 12. The number of nitrogens with one attached hydrogen (secondary N) is 6. The number of carbonyl (C=O) groups is 2. The summed E-state index contributed by atoms with van der Waals surface area (Å²) in [4.78, 5) is 41.2. The number of rotatable bonds is 8. The van der Waals surface area contributed by atoms with Gasteiger partial charge in [0, 0.05) is 83.0 Å². The Hall–Kier alpha value is -7.86. The smallest absolute Gasteiger partial charge is 0.320 e. The Bertz CT molecular complexity index is 2600. The maximum atomic E-state index is 14.9. The summed E-state index contributed by atoms with van der Waals surface area (Å²) in [5, 5.41) is 37.2. The minimum atomic E-state index is -0.460. The van der Waals surface area contributed by atoms with Crippen molar-refractivity contribution in [2.24, 2.45) is 0 Å². The summed E-state index contributed by atoms with van der Waals surface area (Å²) in [6.07, 6.45) is 6.63. The Labute approximate surface area is 355 Å². The summed E-state index contributed by atoms with van der Waals surface area (Å²) in [6, 6.07) is 12.1. The van der Waals surface area contributed by atoms with Crippen LogP contribution in [0.15, 0.2) is 61.2 Å². The molecule has 2 atom stereocenters. The van der Waals surface area contributed by atoms with Crippen molar-refractivity contribution < 1.29 is 27.8 Å². The van der Waals surface area contributed by atoms with Crippen LogP contribution in [0.2, 0.25) is 0 Å². The van der Waals surface area contributed by atoms with Gasteiger partial charge in [0.2, 0.25) is 11.8 Å². The highest BCUT2D eigenvalue weighted by molar-refractivity contribution is 5.95. The standard InChI is InChI=1S/2C22H21FN6O2/c2*1-12(3-4-24)28-22(30)29-19-9-14-7-16(18(23)8-15(14)10-26-19)17-11-27-21-20(13(17)2)25-5-6-31-21/h2*7-12,25H,3,5-6H2,1-2H3,(H2,26,28,29,30)/t12-;/m1./s1. The molecule has 8 rings (SSSR count). The highest BCUT2D eigenvalue weighted by Gasteiger charge is 2.21. The van der Waals surface area contributed by atoms with Crippen LogP contribution in [0, 0.1) is 48.1 Å². The zero-order chi connectivity index (χ0) is 43.9. The number of benzene rings is 2. The van der Waals surface area contributed by atoms with E-state index in [1.807, 2.05) is 26.0 Å². The number of aromatic nitrogens is 4. The molecular formula is C44H42F2N12O4. The molecule has 2 aromatic carbocycles. The van der Waals surface area contributed by atoms with E-state index in [-0.39, 0.29) is 36.6 Å². The van der Waals surface area contributed by atoms with Crippen LogP contribution in [0.5, 0.6) is 11.8 Å². The molecule has 6 aromatic rings. The first-order valence-corrected chi connectivity index (χ1v) is 19.7. The molecule has 0 spiro atoms. The van der Waals surface area contributed by atoms with Crippen LogP contribution < -0.4 is 41.4 Å². The minimum absolute atomic E-state index is 0.204. The maximum absolute atomic E-state index is 14.9. The zero-order valence-corrected chi connectivity index (χ0v) is 34.2. The fraction of sp³-hybridized carbons (Fsp3) is 0.273. The molecule has 316 valence electrons. The van der Waals surface area contributed by atoms with Crippen molar-refractivity contribution in [1.82, 2.24) is 30.6 Å². The SMILES string of the molecule is Cc1c(-c2cc3cc(NC(=O)NC(C)CC#N)ncc3cc2F)cnc2c1NCCO2.Cc1c(-c2cc3cc(NC(=O)N[C@H](C)CC#N)ncc3cc2F)cnc2c1NCCO2. The molecule has 16 nitrogen and oxygen atoms in total. The third-order valence-electron chi connectivity index (χ3n) is 10.1. The van der Waals surface area contributed by atoms with Crippen molar-refractivity contribution in [2.75, 3.05) is 47.6 Å². The molecule has 2 aliphatic rings. The minimum Gasteiger partial charge on any atom is -0.474 e. The van der Waals surface area contributed by atoms with Gasteiger partial charge in [-0.15, -0.1) is 0 Å². The van der Waals surface area contributed by atoms with Crippen LogP contribution in [-0.4, -0.2) is 70.4 Å². The molecule has 0 fully saturated rings. The quantitative estimate of drug-likeness (QED) is 0.0859. The first-order chi connectivity index (χ1) is 29.9. The van der Waals surface area contributed by atoms with E-state index < -0.39 is 12.1 Å². The van der Waals surface area contributed by atoms with E-state index in [0.29, 0.717) is 93.5 Å². The van der Waals surface area contributed by atoms with E-state index >= 15 is 0 Å². The van der Waals surface area contributed by atoms with E-state index in [1.54, 1.807) is 50.5 Å². The Balaban J connectivity index is 0.000000186. The van der Waals surface area contributed by atoms with Crippen molar-refractivity contribution in [1.29, 1.82) is 10.5 Å². The Morgan fingerprint density at radius 2 is 1.06 bits per heavy atom. The second kappa shape index (κ2) is 18.6. The van der Waals surface area contributed by atoms with Gasteiger partial charge < -0.3 is 30.7 Å². The van der Waals surface area contributed by atoms with Gasteiger partial charge in [-0.2, -0.15) is 10.5 Å². The van der Waals surface area contributed by atoms with Crippen molar-refractivity contribution in [3.8, 4) is 46.2 Å². The molecule has 2 aliphatic heterocycles. The van der Waals surface area contributed by atoms with E-state index in [0.717, 1.165) is 22.5 Å². The van der Waals surface area contributed by atoms with Crippen LogP contribution in [0.1, 0.15) is 37.8 Å². The lowest BCUT2D eigenvalue weighted by Gasteiger charge is -2.21. The summed E-state index contributed by atoms with van der Waals surface area (Å²) in [7, 11) is 0. The van der Waals surface area contributed by atoms with Gasteiger partial charge in [-0.05, 0) is 86.0 Å². The summed E-state index contributed by atoms with van der Waals surface area (Å²) < 4.78 is 41.0. The van der Waals surface area contributed by atoms with E-state index in [2.05, 4.69) is 51.8 Å². The Morgan fingerprint density at radius 1 is 0.645 bits per heavy atom. The van der Waals surface area contributed by atoms with Crippen LogP contribution in [0.4, 0.5) is 41.4 Å².